The average molecular weight is 351 g/mol. The van der Waals surface area contributed by atoms with Gasteiger partial charge in [-0.2, -0.15) is 0 Å². The van der Waals surface area contributed by atoms with E-state index in [0.717, 1.165) is 27.6 Å². The minimum atomic E-state index is 0.484. The van der Waals surface area contributed by atoms with Gasteiger partial charge in [-0.05, 0) is 36.4 Å². The van der Waals surface area contributed by atoms with Gasteiger partial charge in [0.05, 0.1) is 17.2 Å². The van der Waals surface area contributed by atoms with E-state index >= 15 is 0 Å². The number of thiazole rings is 1. The van der Waals surface area contributed by atoms with Gasteiger partial charge in [0.1, 0.15) is 21.5 Å². The second kappa shape index (κ2) is 6.16. The molecule has 2 aromatic carbocycles. The molecule has 1 aromatic heterocycles. The number of hydrogen-bond donors (Lipinski definition) is 1. The molecule has 0 radical (unpaired) electrons. The minimum absolute atomic E-state index is 0.484. The number of ether oxygens (including phenoxy) is 1. The highest BCUT2D eigenvalue weighted by molar-refractivity contribution is 7.19. The van der Waals surface area contributed by atoms with E-state index in [1.54, 1.807) is 19.2 Å². The van der Waals surface area contributed by atoms with Crippen molar-refractivity contribution in [3.8, 4) is 27.6 Å². The fraction of sp³-hybridized carbons (Fsp3) is 0.0625. The molecule has 0 spiro atoms. The van der Waals surface area contributed by atoms with Gasteiger partial charge in [0.15, 0.2) is 0 Å². The van der Waals surface area contributed by atoms with Crippen molar-refractivity contribution in [3.63, 3.8) is 0 Å². The molecule has 0 aliphatic carbocycles. The van der Waals surface area contributed by atoms with Crippen molar-refractivity contribution in [3.05, 3.63) is 52.5 Å². The Morgan fingerprint density at radius 2 is 1.68 bits per heavy atom. The minimum Gasteiger partial charge on any atom is -0.497 e. The van der Waals surface area contributed by atoms with E-state index in [2.05, 4.69) is 4.98 Å². The van der Waals surface area contributed by atoms with E-state index in [4.69, 9.17) is 33.7 Å². The fourth-order valence-corrected chi connectivity index (χ4v) is 3.20. The van der Waals surface area contributed by atoms with Gasteiger partial charge in [-0.1, -0.05) is 40.6 Å². The molecule has 0 bridgehead atoms. The molecule has 6 heteroatoms. The predicted octanol–water partition coefficient (Wildman–Crippen LogP) is 5.37. The Labute approximate surface area is 142 Å². The van der Waals surface area contributed by atoms with Gasteiger partial charge < -0.3 is 10.5 Å². The average Bonchev–Trinajstić information content (AvgIpc) is 2.92. The van der Waals surface area contributed by atoms with Crippen molar-refractivity contribution < 1.29 is 4.74 Å². The molecule has 22 heavy (non-hydrogen) atoms. The van der Waals surface area contributed by atoms with Crippen LogP contribution in [0.5, 0.6) is 5.75 Å². The van der Waals surface area contributed by atoms with Crippen molar-refractivity contribution in [1.29, 1.82) is 0 Å². The normalized spacial score (nSPS) is 10.7. The summed E-state index contributed by atoms with van der Waals surface area (Å²) < 4.78 is 5.16. The molecule has 3 aromatic rings. The van der Waals surface area contributed by atoms with Crippen LogP contribution >= 0.6 is 34.5 Å². The third-order valence-corrected chi connectivity index (χ3v) is 4.86. The molecule has 0 atom stereocenters. The van der Waals surface area contributed by atoms with E-state index < -0.39 is 0 Å². The summed E-state index contributed by atoms with van der Waals surface area (Å²) in [4.78, 5) is 4.63. The lowest BCUT2D eigenvalue weighted by Gasteiger charge is -2.01. The number of methoxy groups -OCH3 is 1. The smallest absolute Gasteiger partial charge is 0.126 e. The molecule has 0 aliphatic heterocycles. The van der Waals surface area contributed by atoms with Crippen LogP contribution in [0.15, 0.2) is 42.5 Å². The highest BCUT2D eigenvalue weighted by atomic mass is 35.5. The van der Waals surface area contributed by atoms with Crippen LogP contribution in [0.1, 0.15) is 0 Å². The molecular weight excluding hydrogens is 339 g/mol. The molecule has 0 amide bonds. The number of hydrogen-bond acceptors (Lipinski definition) is 4. The first-order valence-corrected chi connectivity index (χ1v) is 8.02. The van der Waals surface area contributed by atoms with Crippen LogP contribution in [0.2, 0.25) is 10.0 Å². The first kappa shape index (κ1) is 15.2. The van der Waals surface area contributed by atoms with Crippen molar-refractivity contribution in [2.75, 3.05) is 12.8 Å². The lowest BCUT2D eigenvalue weighted by molar-refractivity contribution is 0.415. The predicted molar refractivity (Wildman–Crippen MR) is 94.0 cm³/mol. The van der Waals surface area contributed by atoms with Crippen LogP contribution < -0.4 is 10.5 Å². The maximum atomic E-state index is 6.11. The van der Waals surface area contributed by atoms with E-state index in [1.165, 1.54) is 11.3 Å². The molecule has 3 rings (SSSR count). The van der Waals surface area contributed by atoms with Crippen LogP contribution in [-0.4, -0.2) is 12.1 Å². The molecule has 0 saturated carbocycles. The summed E-state index contributed by atoms with van der Waals surface area (Å²) in [7, 11) is 1.64. The van der Waals surface area contributed by atoms with Crippen molar-refractivity contribution >= 4 is 39.5 Å². The second-order valence-corrected chi connectivity index (χ2v) is 6.43. The molecule has 1 heterocycles. The van der Waals surface area contributed by atoms with Gasteiger partial charge in [0.25, 0.3) is 0 Å². The summed E-state index contributed by atoms with van der Waals surface area (Å²) in [5, 5.41) is 2.48. The van der Waals surface area contributed by atoms with Crippen LogP contribution in [0, 0.1) is 0 Å². The van der Waals surface area contributed by atoms with Crippen molar-refractivity contribution in [2.45, 2.75) is 0 Å². The lowest BCUT2D eigenvalue weighted by Crippen LogP contribution is -1.86. The number of anilines is 1. The van der Waals surface area contributed by atoms with E-state index in [1.807, 2.05) is 30.3 Å². The number of nitrogen functional groups attached to an aromatic ring is 1. The Hall–Kier alpha value is -1.75. The Morgan fingerprint density at radius 3 is 2.32 bits per heavy atom. The zero-order valence-corrected chi connectivity index (χ0v) is 14.0. The molecule has 0 saturated heterocycles. The number of benzene rings is 2. The molecule has 3 nitrogen and oxygen atoms in total. The highest BCUT2D eigenvalue weighted by Gasteiger charge is 2.13. The summed E-state index contributed by atoms with van der Waals surface area (Å²) >= 11 is 13.4. The van der Waals surface area contributed by atoms with Crippen LogP contribution in [0.4, 0.5) is 5.00 Å². The van der Waals surface area contributed by atoms with Gasteiger partial charge in [-0.15, -0.1) is 0 Å². The molecule has 0 aliphatic rings. The maximum absolute atomic E-state index is 6.11. The summed E-state index contributed by atoms with van der Waals surface area (Å²) in [5.41, 5.74) is 8.67. The van der Waals surface area contributed by atoms with Crippen LogP contribution in [-0.2, 0) is 0 Å². The number of nitrogens with zero attached hydrogens (tertiary/aromatic N) is 1. The maximum Gasteiger partial charge on any atom is 0.126 e. The Bertz CT molecular complexity index is 816. The van der Waals surface area contributed by atoms with E-state index in [-0.39, 0.29) is 0 Å². The third-order valence-electron chi connectivity index (χ3n) is 3.18. The van der Waals surface area contributed by atoms with Gasteiger partial charge in [-0.3, -0.25) is 0 Å². The summed E-state index contributed by atoms with van der Waals surface area (Å²) in [6, 6.07) is 13.1. The highest BCUT2D eigenvalue weighted by Crippen LogP contribution is 2.37. The van der Waals surface area contributed by atoms with Crippen molar-refractivity contribution in [1.82, 2.24) is 4.98 Å². The summed E-state index contributed by atoms with van der Waals surface area (Å²) in [6.45, 7) is 0. The van der Waals surface area contributed by atoms with Crippen LogP contribution in [0.3, 0.4) is 0 Å². The third kappa shape index (κ3) is 2.90. The fourth-order valence-electron chi connectivity index (χ4n) is 2.04. The standard InChI is InChI=1S/C16H12Cl2N2OS/c1-21-11-5-2-9(3-6-11)16-20-14(15(19)22-16)10-4-7-12(17)13(18)8-10/h2-8H,19H2,1H3. The monoisotopic (exact) mass is 350 g/mol. The quantitative estimate of drug-likeness (QED) is 0.690. The van der Waals surface area contributed by atoms with E-state index in [0.29, 0.717) is 15.0 Å². The zero-order chi connectivity index (χ0) is 15.7. The lowest BCUT2D eigenvalue weighted by atomic mass is 10.1. The molecule has 2 N–H and O–H groups in total. The second-order valence-electron chi connectivity index (χ2n) is 4.59. The van der Waals surface area contributed by atoms with Gasteiger partial charge >= 0.3 is 0 Å². The molecular formula is C16H12Cl2N2OS. The number of nitrogens with two attached hydrogens (primary N) is 1. The number of halogens is 2. The Kier molecular flexibility index (Phi) is 4.25. The largest absolute Gasteiger partial charge is 0.497 e. The van der Waals surface area contributed by atoms with Gasteiger partial charge in [0.2, 0.25) is 0 Å². The molecule has 0 unspecified atom stereocenters. The number of aromatic nitrogens is 1. The van der Waals surface area contributed by atoms with Crippen LogP contribution in [0.25, 0.3) is 21.8 Å². The Morgan fingerprint density at radius 1 is 1.00 bits per heavy atom. The molecule has 112 valence electrons. The van der Waals surface area contributed by atoms with Gasteiger partial charge in [-0.25, -0.2) is 4.98 Å². The zero-order valence-electron chi connectivity index (χ0n) is 11.6. The first-order chi connectivity index (χ1) is 10.6. The summed E-state index contributed by atoms with van der Waals surface area (Å²) in [6.07, 6.45) is 0. The van der Waals surface area contributed by atoms with E-state index in [9.17, 15) is 0 Å². The summed E-state index contributed by atoms with van der Waals surface area (Å²) in [5.74, 6) is 0.804. The SMILES string of the molecule is COc1ccc(-c2nc(-c3ccc(Cl)c(Cl)c3)c(N)s2)cc1. The topological polar surface area (TPSA) is 48.1 Å². The van der Waals surface area contributed by atoms with Gasteiger partial charge in [0, 0.05) is 11.1 Å². The first-order valence-electron chi connectivity index (χ1n) is 6.44. The molecule has 0 fully saturated rings. The number of rotatable bonds is 3. The Balaban J connectivity index is 2.00. The van der Waals surface area contributed by atoms with Crippen molar-refractivity contribution in [2.24, 2.45) is 0 Å².